The summed E-state index contributed by atoms with van der Waals surface area (Å²) < 4.78 is 60.5. The van der Waals surface area contributed by atoms with E-state index in [2.05, 4.69) is 4.72 Å². The Morgan fingerprint density at radius 2 is 1.80 bits per heavy atom. The van der Waals surface area contributed by atoms with Crippen molar-refractivity contribution >= 4 is 26.6 Å². The van der Waals surface area contributed by atoms with Gasteiger partial charge in [0.25, 0.3) is 10.0 Å². The van der Waals surface area contributed by atoms with Crippen molar-refractivity contribution in [1.29, 1.82) is 0 Å². The number of halogens is 2. The van der Waals surface area contributed by atoms with Crippen LogP contribution in [0.2, 0.25) is 0 Å². The monoisotopic (exact) mass is 366 g/mol. The van der Waals surface area contributed by atoms with E-state index in [1.54, 1.807) is 25.3 Å². The van der Waals surface area contributed by atoms with E-state index in [0.29, 0.717) is 24.9 Å². The maximum Gasteiger partial charge on any atom is 0.262 e. The summed E-state index contributed by atoms with van der Waals surface area (Å²) in [5.74, 6) is -1.91. The molecule has 5 nitrogen and oxygen atoms in total. The van der Waals surface area contributed by atoms with Crippen LogP contribution >= 0.6 is 0 Å². The van der Waals surface area contributed by atoms with Crippen LogP contribution in [0.4, 0.5) is 14.5 Å². The molecule has 3 rings (SSSR count). The molecule has 0 aliphatic carbocycles. The molecule has 1 aromatic heterocycles. The lowest BCUT2D eigenvalue weighted by Crippen LogP contribution is -2.13. The highest BCUT2D eigenvalue weighted by molar-refractivity contribution is 7.92. The number of rotatable bonds is 6. The fourth-order valence-electron chi connectivity index (χ4n) is 2.55. The molecule has 0 fully saturated rings. The zero-order chi connectivity index (χ0) is 18.0. The summed E-state index contributed by atoms with van der Waals surface area (Å²) in [7, 11) is -2.47. The quantitative estimate of drug-likeness (QED) is 0.728. The third kappa shape index (κ3) is 3.80. The first kappa shape index (κ1) is 17.4. The van der Waals surface area contributed by atoms with Gasteiger partial charge in [0.2, 0.25) is 0 Å². The van der Waals surface area contributed by atoms with Gasteiger partial charge in [0.1, 0.15) is 11.6 Å². The van der Waals surface area contributed by atoms with Gasteiger partial charge in [-0.25, -0.2) is 17.2 Å². The number of benzene rings is 2. The molecule has 3 aromatic rings. The summed E-state index contributed by atoms with van der Waals surface area (Å²) in [6.07, 6.45) is 1.88. The molecule has 8 heteroatoms. The van der Waals surface area contributed by atoms with E-state index in [9.17, 15) is 17.2 Å². The first-order valence-corrected chi connectivity index (χ1v) is 8.94. The van der Waals surface area contributed by atoms with Gasteiger partial charge in [-0.05, 0) is 36.4 Å². The molecule has 1 N–H and O–H groups in total. The molecular weight excluding hydrogens is 350 g/mol. The second-order valence-corrected chi connectivity index (χ2v) is 7.17. The number of nitrogens with one attached hydrogen (secondary N) is 1. The van der Waals surface area contributed by atoms with Gasteiger partial charge >= 0.3 is 0 Å². The smallest absolute Gasteiger partial charge is 0.262 e. The van der Waals surface area contributed by atoms with E-state index in [4.69, 9.17) is 4.74 Å². The van der Waals surface area contributed by atoms with E-state index < -0.39 is 26.6 Å². The molecule has 0 spiro atoms. The average molecular weight is 366 g/mol. The predicted molar refractivity (Wildman–Crippen MR) is 91.0 cm³/mol. The molecule has 0 bridgehead atoms. The Bertz CT molecular complexity index is 996. The molecule has 0 saturated carbocycles. The highest BCUT2D eigenvalue weighted by Gasteiger charge is 2.17. The van der Waals surface area contributed by atoms with Crippen molar-refractivity contribution in [3.05, 3.63) is 60.3 Å². The number of anilines is 1. The Labute approximate surface area is 143 Å². The van der Waals surface area contributed by atoms with Crippen LogP contribution in [-0.2, 0) is 21.3 Å². The molecule has 0 unspecified atom stereocenters. The zero-order valence-corrected chi connectivity index (χ0v) is 14.2. The fourth-order valence-corrected chi connectivity index (χ4v) is 3.64. The first-order valence-electron chi connectivity index (χ1n) is 7.46. The normalized spacial score (nSPS) is 11.8. The van der Waals surface area contributed by atoms with Crippen LogP contribution in [0.15, 0.2) is 53.6 Å². The molecule has 0 amide bonds. The van der Waals surface area contributed by atoms with Crippen molar-refractivity contribution in [2.75, 3.05) is 18.4 Å². The maximum absolute atomic E-state index is 13.3. The topological polar surface area (TPSA) is 60.3 Å². The fraction of sp³-hybridized carbons (Fsp3) is 0.176. The van der Waals surface area contributed by atoms with Crippen molar-refractivity contribution in [3.63, 3.8) is 0 Å². The number of ether oxygens (including phenoxy) is 1. The van der Waals surface area contributed by atoms with E-state index in [0.717, 1.165) is 23.0 Å². The molecule has 1 heterocycles. The van der Waals surface area contributed by atoms with Crippen molar-refractivity contribution in [2.45, 2.75) is 11.4 Å². The van der Waals surface area contributed by atoms with Gasteiger partial charge in [-0.3, -0.25) is 4.72 Å². The Morgan fingerprint density at radius 3 is 2.48 bits per heavy atom. The molecular formula is C17H16F2N2O3S. The third-order valence-electron chi connectivity index (χ3n) is 3.71. The summed E-state index contributed by atoms with van der Waals surface area (Å²) in [4.78, 5) is -0.470. The summed E-state index contributed by atoms with van der Waals surface area (Å²) in [5.41, 5.74) is 1.23. The van der Waals surface area contributed by atoms with Crippen molar-refractivity contribution in [3.8, 4) is 0 Å². The molecule has 0 saturated heterocycles. The molecule has 25 heavy (non-hydrogen) atoms. The number of hydrogen-bond donors (Lipinski definition) is 1. The van der Waals surface area contributed by atoms with E-state index >= 15 is 0 Å². The van der Waals surface area contributed by atoms with Gasteiger partial charge in [-0.1, -0.05) is 0 Å². The molecule has 0 aliphatic heterocycles. The number of fused-ring (bicyclic) bond motifs is 1. The first-order chi connectivity index (χ1) is 11.9. The van der Waals surface area contributed by atoms with Crippen LogP contribution in [0.3, 0.4) is 0 Å². The van der Waals surface area contributed by atoms with Gasteiger partial charge in [0, 0.05) is 42.5 Å². The van der Waals surface area contributed by atoms with Crippen LogP contribution < -0.4 is 4.72 Å². The summed E-state index contributed by atoms with van der Waals surface area (Å²) in [5, 5.41) is 0.835. The molecule has 0 aliphatic rings. The van der Waals surface area contributed by atoms with Crippen LogP contribution in [0.25, 0.3) is 10.9 Å². The molecule has 2 aromatic carbocycles. The van der Waals surface area contributed by atoms with E-state index in [-0.39, 0.29) is 0 Å². The molecule has 0 atom stereocenters. The third-order valence-corrected chi connectivity index (χ3v) is 5.07. The Morgan fingerprint density at radius 1 is 1.08 bits per heavy atom. The zero-order valence-electron chi connectivity index (χ0n) is 13.4. The maximum atomic E-state index is 13.3. The average Bonchev–Trinajstić information content (AvgIpc) is 2.94. The number of aromatic nitrogens is 1. The highest BCUT2D eigenvalue weighted by atomic mass is 32.2. The van der Waals surface area contributed by atoms with E-state index in [1.165, 1.54) is 0 Å². The van der Waals surface area contributed by atoms with Crippen LogP contribution in [-0.4, -0.2) is 26.7 Å². The van der Waals surface area contributed by atoms with Crippen LogP contribution in [0, 0.1) is 11.6 Å². The van der Waals surface area contributed by atoms with Gasteiger partial charge in [0.05, 0.1) is 11.5 Å². The summed E-state index contributed by atoms with van der Waals surface area (Å²) >= 11 is 0. The highest BCUT2D eigenvalue weighted by Crippen LogP contribution is 2.23. The standard InChI is InChI=1S/C17H16F2N2O3S/c1-24-7-6-21-5-4-12-8-15(2-3-17(12)21)20-25(22,23)16-10-13(18)9-14(19)11-16/h2-5,8-11,20H,6-7H2,1H3. The second-order valence-electron chi connectivity index (χ2n) is 5.49. The minimum Gasteiger partial charge on any atom is -0.383 e. The lowest BCUT2D eigenvalue weighted by atomic mass is 10.2. The largest absolute Gasteiger partial charge is 0.383 e. The van der Waals surface area contributed by atoms with Gasteiger partial charge < -0.3 is 9.30 Å². The van der Waals surface area contributed by atoms with Crippen molar-refractivity contribution < 1.29 is 21.9 Å². The predicted octanol–water partition coefficient (Wildman–Crippen LogP) is 3.37. The van der Waals surface area contributed by atoms with E-state index in [1.807, 2.05) is 16.8 Å². The summed E-state index contributed by atoms with van der Waals surface area (Å²) in [6.45, 7) is 1.23. The van der Waals surface area contributed by atoms with Crippen LogP contribution in [0.1, 0.15) is 0 Å². The minimum absolute atomic E-state index is 0.307. The van der Waals surface area contributed by atoms with Gasteiger partial charge in [0.15, 0.2) is 0 Å². The Kier molecular flexibility index (Phi) is 4.73. The number of nitrogens with zero attached hydrogens (tertiary/aromatic N) is 1. The number of hydrogen-bond acceptors (Lipinski definition) is 3. The summed E-state index contributed by atoms with van der Waals surface area (Å²) in [6, 6.07) is 9.04. The second kappa shape index (κ2) is 6.81. The lowest BCUT2D eigenvalue weighted by molar-refractivity contribution is 0.188. The molecule has 132 valence electrons. The number of sulfonamides is 1. The van der Waals surface area contributed by atoms with Crippen LogP contribution in [0.5, 0.6) is 0 Å². The Hall–Kier alpha value is -2.45. The Balaban J connectivity index is 1.89. The van der Waals surface area contributed by atoms with Crippen molar-refractivity contribution in [2.24, 2.45) is 0 Å². The van der Waals surface area contributed by atoms with Gasteiger partial charge in [-0.15, -0.1) is 0 Å². The van der Waals surface area contributed by atoms with Gasteiger partial charge in [-0.2, -0.15) is 0 Å². The lowest BCUT2D eigenvalue weighted by Gasteiger charge is -2.09. The van der Waals surface area contributed by atoms with Crippen molar-refractivity contribution in [1.82, 2.24) is 4.57 Å². The minimum atomic E-state index is -4.09. The number of methoxy groups -OCH3 is 1. The molecule has 0 radical (unpaired) electrons. The SMILES string of the molecule is COCCn1ccc2cc(NS(=O)(=O)c3cc(F)cc(F)c3)ccc21.